The molecule has 160 valence electrons. The summed E-state index contributed by atoms with van der Waals surface area (Å²) in [5.41, 5.74) is 1.01. The van der Waals surface area contributed by atoms with Crippen LogP contribution in [0.5, 0.6) is 23.0 Å². The predicted molar refractivity (Wildman–Crippen MR) is 107 cm³/mol. The Kier molecular flexibility index (Phi) is 8.68. The quantitative estimate of drug-likeness (QED) is 0.547. The van der Waals surface area contributed by atoms with Crippen LogP contribution in [-0.4, -0.2) is 32.8 Å². The molecule has 7 nitrogen and oxygen atoms in total. The number of hydrogen-bond acceptors (Lipinski definition) is 6. The van der Waals surface area contributed by atoms with Crippen LogP contribution < -0.4 is 24.3 Å². The van der Waals surface area contributed by atoms with Crippen LogP contribution in [0, 0.1) is 11.3 Å². The second kappa shape index (κ2) is 11.2. The SMILES string of the molecule is CCOc1cc(C#N)cc(Br)c1OCC(=O)NCc1ccc(OC(F)F)c(OC)c1. The first-order valence-corrected chi connectivity index (χ1v) is 9.54. The number of methoxy groups -OCH3 is 1. The van der Waals surface area contributed by atoms with Crippen LogP contribution in [0.4, 0.5) is 8.78 Å². The Bertz CT molecular complexity index is 934. The number of carbonyl (C=O) groups is 1. The number of amides is 1. The van der Waals surface area contributed by atoms with Crippen molar-refractivity contribution in [2.45, 2.75) is 20.1 Å². The molecule has 2 rings (SSSR count). The highest BCUT2D eigenvalue weighted by molar-refractivity contribution is 9.10. The van der Waals surface area contributed by atoms with Crippen LogP contribution >= 0.6 is 15.9 Å². The van der Waals surface area contributed by atoms with Crippen molar-refractivity contribution in [3.63, 3.8) is 0 Å². The summed E-state index contributed by atoms with van der Waals surface area (Å²) in [4.78, 5) is 12.2. The zero-order valence-corrected chi connectivity index (χ0v) is 17.8. The molecule has 0 unspecified atom stereocenters. The summed E-state index contributed by atoms with van der Waals surface area (Å²) in [6.07, 6.45) is 0. The van der Waals surface area contributed by atoms with Crippen LogP contribution in [0.15, 0.2) is 34.8 Å². The van der Waals surface area contributed by atoms with Gasteiger partial charge in [-0.1, -0.05) is 6.07 Å². The molecule has 0 aromatic heterocycles. The lowest BCUT2D eigenvalue weighted by molar-refractivity contribution is -0.123. The Morgan fingerprint density at radius 2 is 1.97 bits per heavy atom. The van der Waals surface area contributed by atoms with Gasteiger partial charge in [-0.15, -0.1) is 0 Å². The van der Waals surface area contributed by atoms with Crippen LogP contribution in [0.2, 0.25) is 0 Å². The molecular formula is C20H19BrF2N2O5. The first kappa shape index (κ1) is 23.2. The number of ether oxygens (including phenoxy) is 4. The van der Waals surface area contributed by atoms with Gasteiger partial charge in [0.1, 0.15) is 0 Å². The fourth-order valence-corrected chi connectivity index (χ4v) is 3.00. The van der Waals surface area contributed by atoms with Crippen molar-refractivity contribution in [1.82, 2.24) is 5.32 Å². The Morgan fingerprint density at radius 1 is 1.20 bits per heavy atom. The molecule has 0 aliphatic heterocycles. The lowest BCUT2D eigenvalue weighted by Crippen LogP contribution is -2.28. The van der Waals surface area contributed by atoms with Crippen molar-refractivity contribution in [2.24, 2.45) is 0 Å². The van der Waals surface area contributed by atoms with E-state index in [1.807, 2.05) is 6.07 Å². The highest BCUT2D eigenvalue weighted by Crippen LogP contribution is 2.36. The van der Waals surface area contributed by atoms with Crippen molar-refractivity contribution in [3.05, 3.63) is 45.9 Å². The van der Waals surface area contributed by atoms with E-state index in [2.05, 4.69) is 26.0 Å². The third-order valence-corrected chi connectivity index (χ3v) is 4.31. The molecule has 0 saturated heterocycles. The van der Waals surface area contributed by atoms with Crippen LogP contribution in [0.1, 0.15) is 18.1 Å². The van der Waals surface area contributed by atoms with Gasteiger partial charge in [-0.25, -0.2) is 0 Å². The van der Waals surface area contributed by atoms with Gasteiger partial charge in [-0.2, -0.15) is 14.0 Å². The minimum Gasteiger partial charge on any atom is -0.493 e. The van der Waals surface area contributed by atoms with Gasteiger partial charge in [0.15, 0.2) is 29.6 Å². The minimum atomic E-state index is -2.97. The Balaban J connectivity index is 1.98. The Labute approximate surface area is 180 Å². The summed E-state index contributed by atoms with van der Waals surface area (Å²) >= 11 is 3.31. The van der Waals surface area contributed by atoms with Gasteiger partial charge < -0.3 is 24.3 Å². The van der Waals surface area contributed by atoms with Crippen molar-refractivity contribution < 1.29 is 32.5 Å². The maximum atomic E-state index is 12.4. The Morgan fingerprint density at radius 3 is 2.60 bits per heavy atom. The van der Waals surface area contributed by atoms with Gasteiger partial charge in [-0.05, 0) is 46.6 Å². The molecule has 2 aromatic rings. The molecule has 0 saturated carbocycles. The van der Waals surface area contributed by atoms with E-state index < -0.39 is 12.5 Å². The van der Waals surface area contributed by atoms with Crippen LogP contribution in [0.3, 0.4) is 0 Å². The summed E-state index contributed by atoms with van der Waals surface area (Å²) in [5, 5.41) is 11.7. The number of alkyl halides is 2. The molecule has 0 aliphatic carbocycles. The van der Waals surface area contributed by atoms with Gasteiger partial charge >= 0.3 is 6.61 Å². The molecule has 0 heterocycles. The zero-order chi connectivity index (χ0) is 22.1. The van der Waals surface area contributed by atoms with E-state index in [0.717, 1.165) is 0 Å². The number of nitrogens with one attached hydrogen (secondary N) is 1. The highest BCUT2D eigenvalue weighted by Gasteiger charge is 2.15. The van der Waals surface area contributed by atoms with E-state index in [1.54, 1.807) is 13.0 Å². The van der Waals surface area contributed by atoms with Crippen molar-refractivity contribution in [2.75, 3.05) is 20.3 Å². The Hall–Kier alpha value is -3.06. The molecular weight excluding hydrogens is 466 g/mol. The molecule has 0 bridgehead atoms. The summed E-state index contributed by atoms with van der Waals surface area (Å²) < 4.78 is 45.7. The number of rotatable bonds is 10. The van der Waals surface area contributed by atoms with E-state index in [-0.39, 0.29) is 24.7 Å². The van der Waals surface area contributed by atoms with Crippen molar-refractivity contribution >= 4 is 21.8 Å². The van der Waals surface area contributed by atoms with Gasteiger partial charge in [0, 0.05) is 12.6 Å². The van der Waals surface area contributed by atoms with Gasteiger partial charge in [-0.3, -0.25) is 4.79 Å². The highest BCUT2D eigenvalue weighted by atomic mass is 79.9. The molecule has 0 radical (unpaired) electrons. The third-order valence-electron chi connectivity index (χ3n) is 3.72. The number of hydrogen-bond donors (Lipinski definition) is 1. The van der Waals surface area contributed by atoms with Gasteiger partial charge in [0.2, 0.25) is 0 Å². The molecule has 0 fully saturated rings. The predicted octanol–water partition coefficient (Wildman–Crippen LogP) is 4.02. The van der Waals surface area contributed by atoms with Crippen LogP contribution in [0.25, 0.3) is 0 Å². The maximum Gasteiger partial charge on any atom is 0.387 e. The smallest absolute Gasteiger partial charge is 0.387 e. The third kappa shape index (κ3) is 6.49. The number of halogens is 3. The number of nitrogens with zero attached hydrogens (tertiary/aromatic N) is 1. The van der Waals surface area contributed by atoms with E-state index in [1.165, 1.54) is 31.4 Å². The fraction of sp³-hybridized carbons (Fsp3) is 0.300. The lowest BCUT2D eigenvalue weighted by Gasteiger charge is -2.14. The van der Waals surface area contributed by atoms with E-state index >= 15 is 0 Å². The molecule has 1 N–H and O–H groups in total. The molecule has 10 heteroatoms. The summed E-state index contributed by atoms with van der Waals surface area (Å²) in [7, 11) is 1.33. The second-order valence-corrected chi connectivity index (χ2v) is 6.61. The molecule has 0 spiro atoms. The number of carbonyl (C=O) groups excluding carboxylic acids is 1. The molecule has 0 aliphatic rings. The largest absolute Gasteiger partial charge is 0.493 e. The summed E-state index contributed by atoms with van der Waals surface area (Å²) in [6.45, 7) is -0.995. The summed E-state index contributed by atoms with van der Waals surface area (Å²) in [6, 6.07) is 9.46. The fourth-order valence-electron chi connectivity index (χ4n) is 2.44. The minimum absolute atomic E-state index is 0.0972. The zero-order valence-electron chi connectivity index (χ0n) is 16.2. The first-order chi connectivity index (χ1) is 14.4. The first-order valence-electron chi connectivity index (χ1n) is 8.75. The topological polar surface area (TPSA) is 89.8 Å². The van der Waals surface area contributed by atoms with Gasteiger partial charge in [0.05, 0.1) is 29.8 Å². The lowest BCUT2D eigenvalue weighted by atomic mass is 10.2. The molecule has 30 heavy (non-hydrogen) atoms. The molecule has 2 aromatic carbocycles. The standard InChI is InChI=1S/C20H19BrF2N2O5/c1-3-28-17-8-13(9-24)6-14(21)19(17)29-11-18(26)25-10-12-4-5-15(30-20(22)23)16(7-12)27-2/h4-8,20H,3,10-11H2,1-2H3,(H,25,26). The van der Waals surface area contributed by atoms with E-state index in [0.29, 0.717) is 33.7 Å². The maximum absolute atomic E-state index is 12.4. The van der Waals surface area contributed by atoms with Gasteiger partial charge in [0.25, 0.3) is 5.91 Å². The van der Waals surface area contributed by atoms with Crippen molar-refractivity contribution in [1.29, 1.82) is 5.26 Å². The van der Waals surface area contributed by atoms with E-state index in [4.69, 9.17) is 19.5 Å². The van der Waals surface area contributed by atoms with Crippen LogP contribution in [-0.2, 0) is 11.3 Å². The second-order valence-electron chi connectivity index (χ2n) is 5.76. The normalized spacial score (nSPS) is 10.3. The molecule has 0 atom stereocenters. The number of benzene rings is 2. The van der Waals surface area contributed by atoms with E-state index in [9.17, 15) is 13.6 Å². The average molecular weight is 485 g/mol. The molecule has 1 amide bonds. The number of nitriles is 1. The summed E-state index contributed by atoms with van der Waals surface area (Å²) in [5.74, 6) is 0.263. The average Bonchev–Trinajstić information content (AvgIpc) is 2.71. The van der Waals surface area contributed by atoms with Crippen molar-refractivity contribution in [3.8, 4) is 29.1 Å². The monoisotopic (exact) mass is 484 g/mol.